The highest BCUT2D eigenvalue weighted by molar-refractivity contribution is 7.98. The summed E-state index contributed by atoms with van der Waals surface area (Å²) >= 11 is 1.56. The van der Waals surface area contributed by atoms with Crippen LogP contribution in [0.3, 0.4) is 0 Å². The molecule has 0 saturated heterocycles. The van der Waals surface area contributed by atoms with Gasteiger partial charge in [-0.1, -0.05) is 42.5 Å². The summed E-state index contributed by atoms with van der Waals surface area (Å²) in [4.78, 5) is 24.1. The van der Waals surface area contributed by atoms with Crippen LogP contribution in [0.5, 0.6) is 0 Å². The lowest BCUT2D eigenvalue weighted by Crippen LogP contribution is -2.41. The molecular weight excluding hydrogens is 322 g/mol. The average Bonchev–Trinajstić information content (AvgIpc) is 2.58. The molecule has 0 spiro atoms. The number of amides is 1. The molecular formula is C19H21NO3S. The lowest BCUT2D eigenvalue weighted by Gasteiger charge is -2.17. The second-order valence-electron chi connectivity index (χ2n) is 5.51. The molecule has 24 heavy (non-hydrogen) atoms. The molecule has 0 saturated carbocycles. The zero-order valence-corrected chi connectivity index (χ0v) is 14.6. The van der Waals surface area contributed by atoms with Crippen molar-refractivity contribution in [3.63, 3.8) is 0 Å². The van der Waals surface area contributed by atoms with E-state index in [2.05, 4.69) is 5.32 Å². The van der Waals surface area contributed by atoms with Crippen molar-refractivity contribution in [1.82, 2.24) is 5.32 Å². The standard InChI is InChI=1S/C19H21NO3S/c1-13-7-6-10-15(17(13)14-8-4-3-5-9-14)18(21)20-16(19(22)23)11-12-24-2/h3-10,16H,11-12H2,1-2H3,(H,20,21)(H,22,23)/t16-/m0/s1. The molecule has 0 bridgehead atoms. The first-order chi connectivity index (χ1) is 11.5. The molecule has 0 heterocycles. The van der Waals surface area contributed by atoms with E-state index in [-0.39, 0.29) is 5.91 Å². The molecule has 1 atom stereocenters. The van der Waals surface area contributed by atoms with Crippen LogP contribution < -0.4 is 5.32 Å². The van der Waals surface area contributed by atoms with Gasteiger partial charge in [0.2, 0.25) is 0 Å². The zero-order chi connectivity index (χ0) is 17.5. The predicted molar refractivity (Wildman–Crippen MR) is 98.5 cm³/mol. The quantitative estimate of drug-likeness (QED) is 0.806. The number of nitrogens with one attached hydrogen (secondary N) is 1. The van der Waals surface area contributed by atoms with Crippen LogP contribution in [0.2, 0.25) is 0 Å². The Labute approximate surface area is 146 Å². The highest BCUT2D eigenvalue weighted by Crippen LogP contribution is 2.27. The van der Waals surface area contributed by atoms with Gasteiger partial charge in [0.05, 0.1) is 0 Å². The third-order valence-electron chi connectivity index (χ3n) is 3.79. The molecule has 5 heteroatoms. The molecule has 1 amide bonds. The minimum absolute atomic E-state index is 0.356. The van der Waals surface area contributed by atoms with Gasteiger partial charge in [-0.2, -0.15) is 11.8 Å². The summed E-state index contributed by atoms with van der Waals surface area (Å²) in [5.41, 5.74) is 3.25. The van der Waals surface area contributed by atoms with E-state index in [1.165, 1.54) is 0 Å². The Morgan fingerprint density at radius 3 is 2.46 bits per heavy atom. The minimum atomic E-state index is -1.01. The number of carboxylic acid groups (broad SMARTS) is 1. The van der Waals surface area contributed by atoms with Crippen molar-refractivity contribution in [2.45, 2.75) is 19.4 Å². The third kappa shape index (κ3) is 4.38. The van der Waals surface area contributed by atoms with E-state index in [1.54, 1.807) is 17.8 Å². The summed E-state index contributed by atoms with van der Waals surface area (Å²) in [6.45, 7) is 1.95. The summed E-state index contributed by atoms with van der Waals surface area (Å²) in [6.07, 6.45) is 2.31. The highest BCUT2D eigenvalue weighted by Gasteiger charge is 2.22. The second-order valence-corrected chi connectivity index (χ2v) is 6.49. The van der Waals surface area contributed by atoms with Gasteiger partial charge in [-0.15, -0.1) is 0 Å². The van der Waals surface area contributed by atoms with Gasteiger partial charge in [-0.25, -0.2) is 4.79 Å². The van der Waals surface area contributed by atoms with Gasteiger partial charge in [-0.3, -0.25) is 4.79 Å². The molecule has 2 N–H and O–H groups in total. The van der Waals surface area contributed by atoms with Gasteiger partial charge >= 0.3 is 5.97 Å². The molecule has 2 aromatic carbocycles. The van der Waals surface area contributed by atoms with Crippen molar-refractivity contribution in [2.75, 3.05) is 12.0 Å². The Balaban J connectivity index is 2.33. The first-order valence-electron chi connectivity index (χ1n) is 7.72. The molecule has 0 aliphatic heterocycles. The fraction of sp³-hybridized carbons (Fsp3) is 0.263. The van der Waals surface area contributed by atoms with E-state index in [4.69, 9.17) is 0 Å². The van der Waals surface area contributed by atoms with E-state index in [9.17, 15) is 14.7 Å². The van der Waals surface area contributed by atoms with Crippen LogP contribution >= 0.6 is 11.8 Å². The smallest absolute Gasteiger partial charge is 0.326 e. The molecule has 2 aromatic rings. The predicted octanol–water partition coefficient (Wildman–Crippen LogP) is 3.60. The summed E-state index contributed by atoms with van der Waals surface area (Å²) < 4.78 is 0. The van der Waals surface area contributed by atoms with E-state index in [0.29, 0.717) is 17.7 Å². The van der Waals surface area contributed by atoms with Crippen LogP contribution in [0.4, 0.5) is 0 Å². The molecule has 0 aliphatic carbocycles. The maximum Gasteiger partial charge on any atom is 0.326 e. The number of carboxylic acids is 1. The maximum atomic E-state index is 12.7. The number of aliphatic carboxylic acids is 1. The number of thioether (sulfide) groups is 1. The Morgan fingerprint density at radius 2 is 1.83 bits per heavy atom. The van der Waals surface area contributed by atoms with Crippen LogP contribution in [0.1, 0.15) is 22.3 Å². The van der Waals surface area contributed by atoms with Gasteiger partial charge in [0, 0.05) is 5.56 Å². The van der Waals surface area contributed by atoms with E-state index in [0.717, 1.165) is 16.7 Å². The van der Waals surface area contributed by atoms with Gasteiger partial charge in [-0.05, 0) is 48.1 Å². The van der Waals surface area contributed by atoms with Gasteiger partial charge in [0.25, 0.3) is 5.91 Å². The molecule has 0 aliphatic rings. The van der Waals surface area contributed by atoms with E-state index in [1.807, 2.05) is 55.6 Å². The highest BCUT2D eigenvalue weighted by atomic mass is 32.2. The summed E-state index contributed by atoms with van der Waals surface area (Å²) in [7, 11) is 0. The van der Waals surface area contributed by atoms with Crippen LogP contribution in [0, 0.1) is 6.92 Å². The molecule has 2 rings (SSSR count). The first-order valence-corrected chi connectivity index (χ1v) is 9.11. The number of rotatable bonds is 7. The second kappa shape index (κ2) is 8.55. The summed E-state index contributed by atoms with van der Waals surface area (Å²) in [6, 6.07) is 14.3. The first kappa shape index (κ1) is 18.1. The average molecular weight is 343 g/mol. The molecule has 0 unspecified atom stereocenters. The zero-order valence-electron chi connectivity index (χ0n) is 13.8. The Morgan fingerprint density at radius 1 is 1.12 bits per heavy atom. The number of aryl methyl sites for hydroxylation is 1. The van der Waals surface area contributed by atoms with Crippen LogP contribution in [-0.2, 0) is 4.79 Å². The number of benzene rings is 2. The van der Waals surface area contributed by atoms with Gasteiger partial charge in [0.1, 0.15) is 6.04 Å². The van der Waals surface area contributed by atoms with Crippen LogP contribution in [0.25, 0.3) is 11.1 Å². The van der Waals surface area contributed by atoms with Crippen LogP contribution in [-0.4, -0.2) is 35.0 Å². The van der Waals surface area contributed by atoms with Crippen LogP contribution in [0.15, 0.2) is 48.5 Å². The monoisotopic (exact) mass is 343 g/mol. The van der Waals surface area contributed by atoms with E-state index < -0.39 is 12.0 Å². The fourth-order valence-electron chi connectivity index (χ4n) is 2.57. The van der Waals surface area contributed by atoms with E-state index >= 15 is 0 Å². The van der Waals surface area contributed by atoms with Crippen molar-refractivity contribution >= 4 is 23.6 Å². The summed E-state index contributed by atoms with van der Waals surface area (Å²) in [5.74, 6) is -0.686. The SMILES string of the molecule is CSCC[C@H](NC(=O)c1cccc(C)c1-c1ccccc1)C(=O)O. The lowest BCUT2D eigenvalue weighted by molar-refractivity contribution is -0.139. The van der Waals surface area contributed by atoms with Crippen molar-refractivity contribution in [3.05, 3.63) is 59.7 Å². The van der Waals surface area contributed by atoms with Crippen molar-refractivity contribution in [1.29, 1.82) is 0 Å². The summed E-state index contributed by atoms with van der Waals surface area (Å²) in [5, 5.41) is 12.0. The number of hydrogen-bond donors (Lipinski definition) is 2. The number of carbonyl (C=O) groups excluding carboxylic acids is 1. The van der Waals surface area contributed by atoms with Gasteiger partial charge in [0.15, 0.2) is 0 Å². The lowest BCUT2D eigenvalue weighted by atomic mass is 9.94. The third-order valence-corrected chi connectivity index (χ3v) is 4.44. The van der Waals surface area contributed by atoms with Crippen molar-refractivity contribution in [2.24, 2.45) is 0 Å². The maximum absolute atomic E-state index is 12.7. The van der Waals surface area contributed by atoms with Gasteiger partial charge < -0.3 is 10.4 Å². The molecule has 0 radical (unpaired) electrons. The largest absolute Gasteiger partial charge is 0.480 e. The normalized spacial score (nSPS) is 11.8. The minimum Gasteiger partial charge on any atom is -0.480 e. The number of carbonyl (C=O) groups is 2. The topological polar surface area (TPSA) is 66.4 Å². The molecule has 0 fully saturated rings. The Bertz CT molecular complexity index is 716. The Kier molecular flexibility index (Phi) is 6.44. The number of hydrogen-bond acceptors (Lipinski definition) is 3. The molecule has 126 valence electrons. The van der Waals surface area contributed by atoms with Crippen molar-refractivity contribution in [3.8, 4) is 11.1 Å². The fourth-order valence-corrected chi connectivity index (χ4v) is 3.05. The molecule has 4 nitrogen and oxygen atoms in total. The van der Waals surface area contributed by atoms with Crippen molar-refractivity contribution < 1.29 is 14.7 Å². The molecule has 0 aromatic heterocycles. The Hall–Kier alpha value is -2.27.